The van der Waals surface area contributed by atoms with Crippen molar-refractivity contribution in [2.24, 2.45) is 0 Å². The molecule has 0 spiro atoms. The van der Waals surface area contributed by atoms with Gasteiger partial charge in [0.05, 0.1) is 10.6 Å². The van der Waals surface area contributed by atoms with Gasteiger partial charge in [-0.1, -0.05) is 42.2 Å². The van der Waals surface area contributed by atoms with Crippen LogP contribution >= 0.6 is 24.0 Å². The summed E-state index contributed by atoms with van der Waals surface area (Å²) in [6.07, 6.45) is 4.23. The van der Waals surface area contributed by atoms with Crippen molar-refractivity contribution >= 4 is 46.3 Å². The molecule has 0 radical (unpaired) electrons. The topological polar surface area (TPSA) is 62.5 Å². The monoisotopic (exact) mass is 400 g/mol. The van der Waals surface area contributed by atoms with E-state index < -0.39 is 5.97 Å². The minimum Gasteiger partial charge on any atom is -0.481 e. The highest BCUT2D eigenvalue weighted by atomic mass is 32.2. The first kappa shape index (κ1) is 19.4. The molecule has 1 aromatic heterocycles. The van der Waals surface area contributed by atoms with Gasteiger partial charge in [-0.25, -0.2) is 0 Å². The summed E-state index contributed by atoms with van der Waals surface area (Å²) in [6, 6.07) is 10.1. The highest BCUT2D eigenvalue weighted by Crippen LogP contribution is 2.33. The smallest absolute Gasteiger partial charge is 0.303 e. The molecule has 27 heavy (non-hydrogen) atoms. The predicted molar refractivity (Wildman–Crippen MR) is 112 cm³/mol. The summed E-state index contributed by atoms with van der Waals surface area (Å²) in [5.41, 5.74) is 4.31. The number of aliphatic carboxylic acids is 1. The van der Waals surface area contributed by atoms with E-state index in [-0.39, 0.29) is 12.3 Å². The number of thioether (sulfide) groups is 1. The number of rotatable bonds is 6. The summed E-state index contributed by atoms with van der Waals surface area (Å²) >= 11 is 6.57. The molecule has 2 heterocycles. The van der Waals surface area contributed by atoms with Gasteiger partial charge in [-0.05, 0) is 49.6 Å². The summed E-state index contributed by atoms with van der Waals surface area (Å²) in [5.74, 6) is -1.04. The van der Waals surface area contributed by atoms with Crippen LogP contribution < -0.4 is 0 Å². The van der Waals surface area contributed by atoms with Gasteiger partial charge >= 0.3 is 5.97 Å². The Hall–Kier alpha value is -2.38. The molecule has 2 aromatic rings. The Kier molecular flexibility index (Phi) is 5.82. The Balaban J connectivity index is 1.87. The van der Waals surface area contributed by atoms with Crippen LogP contribution in [0.4, 0.5) is 0 Å². The summed E-state index contributed by atoms with van der Waals surface area (Å²) in [7, 11) is 0. The van der Waals surface area contributed by atoms with Crippen LogP contribution in [-0.4, -0.2) is 37.3 Å². The van der Waals surface area contributed by atoms with E-state index in [0.717, 1.165) is 22.5 Å². The number of benzene rings is 1. The summed E-state index contributed by atoms with van der Waals surface area (Å²) in [6.45, 7) is 4.45. The number of amides is 1. The van der Waals surface area contributed by atoms with E-state index in [1.807, 2.05) is 30.5 Å². The summed E-state index contributed by atoms with van der Waals surface area (Å²) in [4.78, 5) is 25.4. The number of carbonyl (C=O) groups is 2. The van der Waals surface area contributed by atoms with Crippen molar-refractivity contribution in [2.75, 3.05) is 6.54 Å². The van der Waals surface area contributed by atoms with Gasteiger partial charge in [-0.3, -0.25) is 14.5 Å². The van der Waals surface area contributed by atoms with Gasteiger partial charge in [0.25, 0.3) is 5.91 Å². The molecule has 0 unspecified atom stereocenters. The molecule has 0 bridgehead atoms. The van der Waals surface area contributed by atoms with Crippen LogP contribution in [0.2, 0.25) is 0 Å². The van der Waals surface area contributed by atoms with Gasteiger partial charge in [-0.2, -0.15) is 0 Å². The Labute approximate surface area is 167 Å². The van der Waals surface area contributed by atoms with E-state index in [1.54, 1.807) is 0 Å². The lowest BCUT2D eigenvalue weighted by Gasteiger charge is -2.14. The lowest BCUT2D eigenvalue weighted by atomic mass is 10.1. The van der Waals surface area contributed by atoms with Crippen LogP contribution in [0.25, 0.3) is 11.8 Å². The molecule has 3 rings (SSSR count). The van der Waals surface area contributed by atoms with E-state index in [4.69, 9.17) is 17.3 Å². The fraction of sp³-hybridized carbons (Fsp3) is 0.250. The Bertz CT molecular complexity index is 926. The molecule has 5 nitrogen and oxygen atoms in total. The zero-order chi connectivity index (χ0) is 19.6. The fourth-order valence-electron chi connectivity index (χ4n) is 3.12. The van der Waals surface area contributed by atoms with Crippen molar-refractivity contribution in [1.29, 1.82) is 0 Å². The third-order valence-electron chi connectivity index (χ3n) is 4.39. The number of carboxylic acids is 1. The SMILES string of the molecule is Cc1cccc(C)c1-n1cccc1C=C1SC(=S)N(CCCC(=O)O)C1=O. The maximum atomic E-state index is 12.7. The minimum atomic E-state index is -0.873. The Morgan fingerprint density at radius 3 is 2.59 bits per heavy atom. The number of hydrogen-bond acceptors (Lipinski definition) is 4. The highest BCUT2D eigenvalue weighted by Gasteiger charge is 2.31. The number of nitrogens with zero attached hydrogens (tertiary/aromatic N) is 2. The van der Waals surface area contributed by atoms with Crippen molar-refractivity contribution in [1.82, 2.24) is 9.47 Å². The maximum absolute atomic E-state index is 12.7. The normalized spacial score (nSPS) is 15.8. The van der Waals surface area contributed by atoms with Crippen molar-refractivity contribution < 1.29 is 14.7 Å². The molecule has 0 saturated carbocycles. The summed E-state index contributed by atoms with van der Waals surface area (Å²) < 4.78 is 2.54. The van der Waals surface area contributed by atoms with Crippen molar-refractivity contribution in [3.8, 4) is 5.69 Å². The molecule has 7 heteroatoms. The number of para-hydroxylation sites is 1. The molecular weight excluding hydrogens is 380 g/mol. The van der Waals surface area contributed by atoms with Crippen LogP contribution in [-0.2, 0) is 9.59 Å². The second kappa shape index (κ2) is 8.10. The average molecular weight is 401 g/mol. The number of hydrogen-bond donors (Lipinski definition) is 1. The molecular formula is C20H20N2O3S2. The maximum Gasteiger partial charge on any atom is 0.303 e. The zero-order valence-electron chi connectivity index (χ0n) is 15.1. The molecule has 1 N–H and O–H groups in total. The minimum absolute atomic E-state index is 0.0194. The number of aromatic nitrogens is 1. The predicted octanol–water partition coefficient (Wildman–Crippen LogP) is 4.16. The summed E-state index contributed by atoms with van der Waals surface area (Å²) in [5, 5.41) is 8.77. The molecule has 140 valence electrons. The van der Waals surface area contributed by atoms with Gasteiger partial charge in [-0.15, -0.1) is 0 Å². The zero-order valence-corrected chi connectivity index (χ0v) is 16.8. The molecule has 0 atom stereocenters. The number of carbonyl (C=O) groups excluding carboxylic acids is 1. The lowest BCUT2D eigenvalue weighted by molar-refractivity contribution is -0.137. The van der Waals surface area contributed by atoms with Gasteiger partial charge in [0.15, 0.2) is 0 Å². The van der Waals surface area contributed by atoms with Gasteiger partial charge in [0, 0.05) is 24.9 Å². The van der Waals surface area contributed by atoms with Gasteiger partial charge in [0.1, 0.15) is 4.32 Å². The first-order valence-corrected chi connectivity index (χ1v) is 9.82. The molecule has 1 saturated heterocycles. The molecule has 1 aromatic carbocycles. The van der Waals surface area contributed by atoms with Crippen LogP contribution in [0.1, 0.15) is 29.7 Å². The van der Waals surface area contributed by atoms with Crippen LogP contribution in [0.3, 0.4) is 0 Å². The van der Waals surface area contributed by atoms with E-state index in [0.29, 0.717) is 22.2 Å². The molecule has 0 aliphatic carbocycles. The van der Waals surface area contributed by atoms with E-state index in [9.17, 15) is 9.59 Å². The van der Waals surface area contributed by atoms with Crippen molar-refractivity contribution in [3.05, 3.63) is 58.3 Å². The number of aryl methyl sites for hydroxylation is 2. The average Bonchev–Trinajstić information content (AvgIpc) is 3.14. The number of thiocarbonyl (C=S) groups is 1. The lowest BCUT2D eigenvalue weighted by Crippen LogP contribution is -2.29. The largest absolute Gasteiger partial charge is 0.481 e. The van der Waals surface area contributed by atoms with Crippen molar-refractivity contribution in [3.63, 3.8) is 0 Å². The molecule has 1 fully saturated rings. The van der Waals surface area contributed by atoms with Gasteiger partial charge in [0.2, 0.25) is 0 Å². The molecule has 1 aliphatic heterocycles. The second-order valence-corrected chi connectivity index (χ2v) is 8.05. The van der Waals surface area contributed by atoms with Crippen LogP contribution in [0.15, 0.2) is 41.4 Å². The van der Waals surface area contributed by atoms with E-state index >= 15 is 0 Å². The Morgan fingerprint density at radius 1 is 1.22 bits per heavy atom. The third-order valence-corrected chi connectivity index (χ3v) is 5.76. The molecule has 1 amide bonds. The highest BCUT2D eigenvalue weighted by molar-refractivity contribution is 8.26. The van der Waals surface area contributed by atoms with Crippen molar-refractivity contribution in [2.45, 2.75) is 26.7 Å². The standard InChI is InChI=1S/C20H20N2O3S2/c1-13-6-3-7-14(2)18(13)21-10-4-8-15(21)12-16-19(25)22(20(26)27-16)11-5-9-17(23)24/h3-4,6-8,10,12H,5,9,11H2,1-2H3,(H,23,24). The van der Waals surface area contributed by atoms with E-state index in [1.165, 1.54) is 16.7 Å². The van der Waals surface area contributed by atoms with Gasteiger partial charge < -0.3 is 9.67 Å². The second-order valence-electron chi connectivity index (χ2n) is 6.37. The van der Waals surface area contributed by atoms with Crippen LogP contribution in [0.5, 0.6) is 0 Å². The first-order chi connectivity index (χ1) is 12.9. The van der Waals surface area contributed by atoms with Crippen LogP contribution in [0, 0.1) is 13.8 Å². The number of carboxylic acid groups (broad SMARTS) is 1. The van der Waals surface area contributed by atoms with E-state index in [2.05, 4.69) is 30.5 Å². The Morgan fingerprint density at radius 2 is 1.93 bits per heavy atom. The third kappa shape index (κ3) is 4.14. The first-order valence-electron chi connectivity index (χ1n) is 8.59. The fourth-order valence-corrected chi connectivity index (χ4v) is 4.41. The molecule has 1 aliphatic rings. The quantitative estimate of drug-likeness (QED) is 0.583.